The summed E-state index contributed by atoms with van der Waals surface area (Å²) < 4.78 is 27.5. The average molecular weight is 411 g/mol. The van der Waals surface area contributed by atoms with E-state index in [9.17, 15) is 8.78 Å². The molecule has 0 unspecified atom stereocenters. The number of nitrogen functional groups attached to an aromatic ring is 1. The molecule has 2 heterocycles. The van der Waals surface area contributed by atoms with Gasteiger partial charge in [-0.3, -0.25) is 0 Å². The van der Waals surface area contributed by atoms with Crippen molar-refractivity contribution in [2.75, 3.05) is 34.4 Å². The van der Waals surface area contributed by atoms with E-state index in [0.717, 1.165) is 5.56 Å². The Labute approximate surface area is 168 Å². The van der Waals surface area contributed by atoms with E-state index in [1.54, 1.807) is 6.07 Å². The molecule has 1 saturated heterocycles. The predicted octanol–water partition coefficient (Wildman–Crippen LogP) is 4.38. The Bertz CT molecular complexity index is 853. The summed E-state index contributed by atoms with van der Waals surface area (Å²) in [6, 6.07) is 7.42. The summed E-state index contributed by atoms with van der Waals surface area (Å²) in [6.07, 6.45) is -0.221. The quantitative estimate of drug-likeness (QED) is 0.678. The Morgan fingerprint density at radius 1 is 1.25 bits per heavy atom. The molecular formula is C19H25ClF2N6. The number of anilines is 4. The number of halogens is 3. The van der Waals surface area contributed by atoms with Crippen molar-refractivity contribution in [1.29, 1.82) is 0 Å². The summed E-state index contributed by atoms with van der Waals surface area (Å²) in [6.45, 7) is 6.07. The second-order valence-electron chi connectivity index (χ2n) is 7.98. The van der Waals surface area contributed by atoms with Gasteiger partial charge in [-0.15, -0.1) is 0 Å². The van der Waals surface area contributed by atoms with Crippen LogP contribution in [0.2, 0.25) is 5.02 Å². The molecule has 4 N–H and O–H groups in total. The van der Waals surface area contributed by atoms with Crippen LogP contribution in [-0.4, -0.2) is 34.5 Å². The van der Waals surface area contributed by atoms with Crippen molar-refractivity contribution in [3.63, 3.8) is 0 Å². The van der Waals surface area contributed by atoms with Crippen molar-refractivity contribution < 1.29 is 8.78 Å². The second kappa shape index (κ2) is 7.58. The van der Waals surface area contributed by atoms with E-state index in [0.29, 0.717) is 29.2 Å². The van der Waals surface area contributed by atoms with Crippen molar-refractivity contribution in [3.05, 3.63) is 34.9 Å². The number of hydrogen-bond acceptors (Lipinski definition) is 6. The number of rotatable bonds is 5. The molecule has 1 aromatic carbocycles. The standard InChI is InChI=1S/C19H25ClF2N6/c1-18(2,3)27-17-25-15(24-10-12-6-4-5-7-13(12)20)14(23)16(26-17)28-9-8-19(21,22)11-28/h4-7H,8-11,23H2,1-3H3,(H2,24,25,26,27). The minimum absolute atomic E-state index is 0.188. The zero-order valence-electron chi connectivity index (χ0n) is 16.2. The number of alkyl halides is 2. The minimum Gasteiger partial charge on any atom is -0.393 e. The maximum absolute atomic E-state index is 13.7. The first-order valence-corrected chi connectivity index (χ1v) is 9.48. The molecule has 0 radical (unpaired) electrons. The Balaban J connectivity index is 1.92. The lowest BCUT2D eigenvalue weighted by molar-refractivity contribution is 0.0257. The molecule has 0 atom stereocenters. The van der Waals surface area contributed by atoms with E-state index in [2.05, 4.69) is 20.6 Å². The molecule has 152 valence electrons. The molecule has 0 amide bonds. The summed E-state index contributed by atoms with van der Waals surface area (Å²) in [5, 5.41) is 6.97. The van der Waals surface area contributed by atoms with Crippen LogP contribution >= 0.6 is 11.6 Å². The smallest absolute Gasteiger partial charge is 0.266 e. The summed E-state index contributed by atoms with van der Waals surface area (Å²) >= 11 is 6.21. The van der Waals surface area contributed by atoms with Crippen LogP contribution in [0.4, 0.5) is 32.1 Å². The number of hydrogen-bond donors (Lipinski definition) is 3. The highest BCUT2D eigenvalue weighted by atomic mass is 35.5. The van der Waals surface area contributed by atoms with Crippen LogP contribution in [-0.2, 0) is 6.54 Å². The SMILES string of the molecule is CC(C)(C)Nc1nc(NCc2ccccc2Cl)c(N)c(N2CCC(F)(F)C2)n1. The molecule has 1 aliphatic heterocycles. The fourth-order valence-corrected chi connectivity index (χ4v) is 3.16. The lowest BCUT2D eigenvalue weighted by Crippen LogP contribution is -2.30. The van der Waals surface area contributed by atoms with Crippen LogP contribution in [0.5, 0.6) is 0 Å². The maximum atomic E-state index is 13.7. The number of benzene rings is 1. The third-order valence-corrected chi connectivity index (χ3v) is 4.65. The fourth-order valence-electron chi connectivity index (χ4n) is 2.96. The van der Waals surface area contributed by atoms with Gasteiger partial charge in [0, 0.05) is 30.1 Å². The zero-order valence-corrected chi connectivity index (χ0v) is 16.9. The van der Waals surface area contributed by atoms with Crippen LogP contribution in [0.3, 0.4) is 0 Å². The van der Waals surface area contributed by atoms with Crippen molar-refractivity contribution in [1.82, 2.24) is 9.97 Å². The van der Waals surface area contributed by atoms with Gasteiger partial charge in [0.25, 0.3) is 5.92 Å². The van der Waals surface area contributed by atoms with Crippen LogP contribution in [0.15, 0.2) is 24.3 Å². The Kier molecular flexibility index (Phi) is 5.52. The molecule has 1 fully saturated rings. The normalized spacial score (nSPS) is 16.3. The molecule has 9 heteroatoms. The van der Waals surface area contributed by atoms with Gasteiger partial charge in [-0.2, -0.15) is 9.97 Å². The summed E-state index contributed by atoms with van der Waals surface area (Å²) in [5.74, 6) is -1.73. The lowest BCUT2D eigenvalue weighted by atomic mass is 10.1. The van der Waals surface area contributed by atoms with Gasteiger partial charge in [-0.05, 0) is 32.4 Å². The van der Waals surface area contributed by atoms with E-state index < -0.39 is 12.5 Å². The maximum Gasteiger partial charge on any atom is 0.266 e. The third-order valence-electron chi connectivity index (χ3n) is 4.29. The van der Waals surface area contributed by atoms with Gasteiger partial charge >= 0.3 is 0 Å². The van der Waals surface area contributed by atoms with Gasteiger partial charge in [-0.25, -0.2) is 8.78 Å². The summed E-state index contributed by atoms with van der Waals surface area (Å²) in [7, 11) is 0. The summed E-state index contributed by atoms with van der Waals surface area (Å²) in [5.41, 5.74) is 7.07. The first-order valence-electron chi connectivity index (χ1n) is 9.10. The fraction of sp³-hybridized carbons (Fsp3) is 0.474. The second-order valence-corrected chi connectivity index (χ2v) is 8.39. The lowest BCUT2D eigenvalue weighted by Gasteiger charge is -2.25. The zero-order chi connectivity index (χ0) is 20.5. The molecule has 28 heavy (non-hydrogen) atoms. The van der Waals surface area contributed by atoms with Gasteiger partial charge in [0.1, 0.15) is 5.69 Å². The van der Waals surface area contributed by atoms with Gasteiger partial charge in [-0.1, -0.05) is 29.8 Å². The third kappa shape index (κ3) is 4.92. The van der Waals surface area contributed by atoms with Crippen molar-refractivity contribution in [2.24, 2.45) is 0 Å². The topological polar surface area (TPSA) is 79.1 Å². The van der Waals surface area contributed by atoms with Crippen molar-refractivity contribution in [3.8, 4) is 0 Å². The Morgan fingerprint density at radius 2 is 1.96 bits per heavy atom. The number of nitrogens with two attached hydrogens (primary N) is 1. The van der Waals surface area contributed by atoms with E-state index in [-0.39, 0.29) is 24.2 Å². The van der Waals surface area contributed by atoms with Crippen LogP contribution in [0.1, 0.15) is 32.8 Å². The average Bonchev–Trinajstić information content (AvgIpc) is 2.94. The van der Waals surface area contributed by atoms with Crippen LogP contribution in [0, 0.1) is 0 Å². The number of nitrogens with zero attached hydrogens (tertiary/aromatic N) is 3. The largest absolute Gasteiger partial charge is 0.393 e. The van der Waals surface area contributed by atoms with E-state index in [4.69, 9.17) is 17.3 Å². The minimum atomic E-state index is -2.75. The molecule has 1 aromatic heterocycles. The molecule has 0 aliphatic carbocycles. The van der Waals surface area contributed by atoms with Crippen molar-refractivity contribution >= 4 is 34.9 Å². The van der Waals surface area contributed by atoms with Crippen LogP contribution in [0.25, 0.3) is 0 Å². The molecular weight excluding hydrogens is 386 g/mol. The monoisotopic (exact) mass is 410 g/mol. The molecule has 3 rings (SSSR count). The molecule has 0 saturated carbocycles. The van der Waals surface area contributed by atoms with Gasteiger partial charge in [0.05, 0.1) is 6.54 Å². The molecule has 0 bridgehead atoms. The first-order chi connectivity index (χ1) is 13.0. The molecule has 6 nitrogen and oxygen atoms in total. The molecule has 1 aliphatic rings. The number of nitrogens with one attached hydrogen (secondary N) is 2. The highest BCUT2D eigenvalue weighted by Gasteiger charge is 2.40. The highest BCUT2D eigenvalue weighted by molar-refractivity contribution is 6.31. The van der Waals surface area contributed by atoms with E-state index in [1.165, 1.54) is 4.90 Å². The Morgan fingerprint density at radius 3 is 2.57 bits per heavy atom. The van der Waals surface area contributed by atoms with E-state index in [1.807, 2.05) is 39.0 Å². The van der Waals surface area contributed by atoms with Gasteiger partial charge in [0.2, 0.25) is 5.95 Å². The summed E-state index contributed by atoms with van der Waals surface area (Å²) in [4.78, 5) is 10.4. The molecule has 0 spiro atoms. The molecule has 2 aromatic rings. The van der Waals surface area contributed by atoms with Crippen LogP contribution < -0.4 is 21.3 Å². The number of aromatic nitrogens is 2. The van der Waals surface area contributed by atoms with E-state index >= 15 is 0 Å². The van der Waals surface area contributed by atoms with Crippen molar-refractivity contribution in [2.45, 2.75) is 45.2 Å². The highest BCUT2D eigenvalue weighted by Crippen LogP contribution is 2.36. The van der Waals surface area contributed by atoms with Gasteiger partial charge in [0.15, 0.2) is 11.6 Å². The Hall–Kier alpha value is -2.35. The predicted molar refractivity (Wildman–Crippen MR) is 110 cm³/mol. The first kappa shape index (κ1) is 20.4. The van der Waals surface area contributed by atoms with Gasteiger partial charge < -0.3 is 21.3 Å².